The molecule has 2 atom stereocenters. The molecular formula is C17H25N5O. The molecule has 0 spiro atoms. The number of anilines is 2. The summed E-state index contributed by atoms with van der Waals surface area (Å²) in [5.74, 6) is 1.95. The van der Waals surface area contributed by atoms with Crippen LogP contribution in [-0.2, 0) is 4.74 Å². The molecule has 124 valence electrons. The first-order chi connectivity index (χ1) is 11.4. The molecule has 23 heavy (non-hydrogen) atoms. The van der Waals surface area contributed by atoms with Gasteiger partial charge in [0.05, 0.1) is 12.6 Å². The Morgan fingerprint density at radius 1 is 1.17 bits per heavy atom. The first-order valence-electron chi connectivity index (χ1n) is 8.69. The molecule has 0 bridgehead atoms. The molecule has 2 saturated heterocycles. The van der Waals surface area contributed by atoms with Crippen molar-refractivity contribution in [1.82, 2.24) is 14.9 Å². The second kappa shape index (κ2) is 6.84. The second-order valence-electron chi connectivity index (χ2n) is 6.63. The van der Waals surface area contributed by atoms with Crippen molar-refractivity contribution in [2.75, 3.05) is 49.6 Å². The molecule has 0 amide bonds. The normalized spacial score (nSPS) is 28.4. The molecule has 6 heteroatoms. The van der Waals surface area contributed by atoms with Gasteiger partial charge in [-0.05, 0) is 19.3 Å². The Labute approximate surface area is 137 Å². The van der Waals surface area contributed by atoms with Crippen molar-refractivity contribution >= 4 is 11.6 Å². The van der Waals surface area contributed by atoms with E-state index in [1.54, 1.807) is 6.33 Å². The lowest BCUT2D eigenvalue weighted by Crippen LogP contribution is -2.36. The zero-order valence-electron chi connectivity index (χ0n) is 13.5. The van der Waals surface area contributed by atoms with E-state index < -0.39 is 0 Å². The zero-order valence-corrected chi connectivity index (χ0v) is 13.5. The van der Waals surface area contributed by atoms with E-state index in [1.807, 2.05) is 0 Å². The second-order valence-corrected chi connectivity index (χ2v) is 6.63. The Bertz CT molecular complexity index is 550. The van der Waals surface area contributed by atoms with Crippen LogP contribution in [0.5, 0.6) is 0 Å². The number of hydrogen-bond donors (Lipinski definition) is 1. The highest BCUT2D eigenvalue weighted by Crippen LogP contribution is 2.24. The van der Waals surface area contributed by atoms with Crippen LogP contribution in [0.15, 0.2) is 24.5 Å². The zero-order chi connectivity index (χ0) is 15.5. The summed E-state index contributed by atoms with van der Waals surface area (Å²) >= 11 is 0. The van der Waals surface area contributed by atoms with Gasteiger partial charge in [0.25, 0.3) is 0 Å². The third-order valence-electron chi connectivity index (χ3n) is 5.02. The summed E-state index contributed by atoms with van der Waals surface area (Å²) in [5.41, 5.74) is 0. The van der Waals surface area contributed by atoms with Crippen molar-refractivity contribution in [2.24, 2.45) is 0 Å². The Balaban J connectivity index is 1.38. The molecule has 2 unspecified atom stereocenters. The maximum Gasteiger partial charge on any atom is 0.134 e. The maximum atomic E-state index is 5.53. The van der Waals surface area contributed by atoms with Gasteiger partial charge in [0.1, 0.15) is 18.0 Å². The van der Waals surface area contributed by atoms with Crippen molar-refractivity contribution in [3.05, 3.63) is 24.5 Å². The average Bonchev–Trinajstić information content (AvgIpc) is 3.28. The van der Waals surface area contributed by atoms with E-state index in [9.17, 15) is 0 Å². The summed E-state index contributed by atoms with van der Waals surface area (Å²) in [7, 11) is 0. The number of nitrogens with zero attached hydrogens (tertiary/aromatic N) is 4. The van der Waals surface area contributed by atoms with Crippen molar-refractivity contribution < 1.29 is 4.74 Å². The third-order valence-corrected chi connectivity index (χ3v) is 5.02. The molecule has 4 heterocycles. The first-order valence-corrected chi connectivity index (χ1v) is 8.69. The largest absolute Gasteiger partial charge is 0.379 e. The molecule has 2 fully saturated rings. The molecule has 3 aliphatic rings. The Kier molecular flexibility index (Phi) is 4.43. The van der Waals surface area contributed by atoms with Crippen LogP contribution in [0.25, 0.3) is 0 Å². The molecule has 1 aromatic rings. The molecule has 1 aromatic heterocycles. The van der Waals surface area contributed by atoms with Crippen LogP contribution in [0.3, 0.4) is 0 Å². The molecule has 1 N–H and O–H groups in total. The van der Waals surface area contributed by atoms with Gasteiger partial charge in [0, 0.05) is 44.9 Å². The summed E-state index contributed by atoms with van der Waals surface area (Å²) in [4.78, 5) is 13.8. The van der Waals surface area contributed by atoms with E-state index >= 15 is 0 Å². The Hall–Kier alpha value is -1.66. The van der Waals surface area contributed by atoms with E-state index in [1.165, 1.54) is 6.42 Å². The molecule has 0 aliphatic carbocycles. The van der Waals surface area contributed by atoms with Crippen molar-refractivity contribution in [3.63, 3.8) is 0 Å². The first kappa shape index (κ1) is 14.9. The monoisotopic (exact) mass is 315 g/mol. The summed E-state index contributed by atoms with van der Waals surface area (Å²) in [6.07, 6.45) is 9.68. The predicted octanol–water partition coefficient (Wildman–Crippen LogP) is 1.52. The predicted molar refractivity (Wildman–Crippen MR) is 90.8 cm³/mol. The summed E-state index contributed by atoms with van der Waals surface area (Å²) < 4.78 is 5.53. The van der Waals surface area contributed by atoms with E-state index in [2.05, 4.69) is 43.3 Å². The SMILES string of the molecule is C1=CCN(C2CCN(c3cc(NC4CCCOC4)ncn3)C2)C1. The molecule has 4 rings (SSSR count). The van der Waals surface area contributed by atoms with Gasteiger partial charge in [0.2, 0.25) is 0 Å². The highest BCUT2D eigenvalue weighted by molar-refractivity contribution is 5.49. The lowest BCUT2D eigenvalue weighted by molar-refractivity contribution is 0.0875. The standard InChI is InChI=1S/C17H25N5O/c1-2-7-21(6-1)15-5-8-22(11-15)17-10-16(18-13-19-17)20-14-4-3-9-23-12-14/h1-2,10,13-15H,3-9,11-12H2,(H,18,19,20). The number of ether oxygens (including phenoxy) is 1. The molecule has 0 radical (unpaired) electrons. The third kappa shape index (κ3) is 3.48. The van der Waals surface area contributed by atoms with Crippen molar-refractivity contribution in [1.29, 1.82) is 0 Å². The highest BCUT2D eigenvalue weighted by Gasteiger charge is 2.28. The van der Waals surface area contributed by atoms with Crippen LogP contribution in [0.2, 0.25) is 0 Å². The van der Waals surface area contributed by atoms with Gasteiger partial charge in [-0.3, -0.25) is 4.90 Å². The summed E-state index contributed by atoms with van der Waals surface area (Å²) in [6.45, 7) is 5.98. The van der Waals surface area contributed by atoms with Crippen LogP contribution in [0.1, 0.15) is 19.3 Å². The fraction of sp³-hybridized carbons (Fsp3) is 0.647. The topological polar surface area (TPSA) is 53.5 Å². The smallest absolute Gasteiger partial charge is 0.134 e. The minimum atomic E-state index is 0.369. The van der Waals surface area contributed by atoms with Crippen LogP contribution < -0.4 is 10.2 Å². The van der Waals surface area contributed by atoms with Crippen LogP contribution in [-0.4, -0.2) is 66.3 Å². The molecular weight excluding hydrogens is 290 g/mol. The summed E-state index contributed by atoms with van der Waals surface area (Å²) in [5, 5.41) is 3.49. The Morgan fingerprint density at radius 2 is 2.09 bits per heavy atom. The molecule has 3 aliphatic heterocycles. The minimum Gasteiger partial charge on any atom is -0.379 e. The Morgan fingerprint density at radius 3 is 2.91 bits per heavy atom. The van der Waals surface area contributed by atoms with Crippen molar-refractivity contribution in [3.8, 4) is 0 Å². The average molecular weight is 315 g/mol. The fourth-order valence-electron chi connectivity index (χ4n) is 3.70. The number of hydrogen-bond acceptors (Lipinski definition) is 6. The summed E-state index contributed by atoms with van der Waals surface area (Å²) in [6, 6.07) is 3.09. The van der Waals surface area contributed by atoms with Gasteiger partial charge in [0.15, 0.2) is 0 Å². The van der Waals surface area contributed by atoms with Gasteiger partial charge in [-0.15, -0.1) is 0 Å². The van der Waals surface area contributed by atoms with E-state index in [-0.39, 0.29) is 0 Å². The van der Waals surface area contributed by atoms with Crippen LogP contribution in [0.4, 0.5) is 11.6 Å². The number of nitrogens with one attached hydrogen (secondary N) is 1. The van der Waals surface area contributed by atoms with Gasteiger partial charge >= 0.3 is 0 Å². The maximum absolute atomic E-state index is 5.53. The molecule has 0 saturated carbocycles. The van der Waals surface area contributed by atoms with Gasteiger partial charge in [-0.25, -0.2) is 9.97 Å². The van der Waals surface area contributed by atoms with Crippen molar-refractivity contribution in [2.45, 2.75) is 31.3 Å². The molecule has 0 aromatic carbocycles. The number of aromatic nitrogens is 2. The van der Waals surface area contributed by atoms with Crippen LogP contribution in [0, 0.1) is 0 Å². The van der Waals surface area contributed by atoms with E-state index in [0.29, 0.717) is 12.1 Å². The quantitative estimate of drug-likeness (QED) is 0.850. The van der Waals surface area contributed by atoms with Crippen LogP contribution >= 0.6 is 0 Å². The lowest BCUT2D eigenvalue weighted by Gasteiger charge is -2.25. The van der Waals surface area contributed by atoms with Gasteiger partial charge < -0.3 is 15.0 Å². The van der Waals surface area contributed by atoms with E-state index in [0.717, 1.165) is 63.9 Å². The molecule has 6 nitrogen and oxygen atoms in total. The van der Waals surface area contributed by atoms with E-state index in [4.69, 9.17) is 4.74 Å². The lowest BCUT2D eigenvalue weighted by atomic mass is 10.1. The number of rotatable bonds is 4. The highest BCUT2D eigenvalue weighted by atomic mass is 16.5. The van der Waals surface area contributed by atoms with Gasteiger partial charge in [-0.2, -0.15) is 0 Å². The van der Waals surface area contributed by atoms with Gasteiger partial charge in [-0.1, -0.05) is 12.2 Å². The fourth-order valence-corrected chi connectivity index (χ4v) is 3.70. The minimum absolute atomic E-state index is 0.369.